The zero-order chi connectivity index (χ0) is 19.1. The molecule has 2 aromatic carbocycles. The van der Waals surface area contributed by atoms with E-state index >= 15 is 0 Å². The summed E-state index contributed by atoms with van der Waals surface area (Å²) in [5.74, 6) is 0. The molecule has 27 heavy (non-hydrogen) atoms. The lowest BCUT2D eigenvalue weighted by Crippen LogP contribution is -2.29. The third kappa shape index (κ3) is 6.78. The standard InChI is InChI=1S/C23H33N3S/c1-23(2,3)26-27-20-14-15-21(25-19-12-8-5-9-13-19)22(16-20)24-17-18-10-6-4-7-11-18/h4,6-7,10-11,14-16,19,24-26H,5,8-9,12-13,17H2,1-3H3. The molecule has 0 aliphatic heterocycles. The zero-order valence-electron chi connectivity index (χ0n) is 16.8. The first-order valence-electron chi connectivity index (χ1n) is 10.1. The maximum Gasteiger partial charge on any atom is 0.0590 e. The van der Waals surface area contributed by atoms with E-state index in [1.807, 2.05) is 0 Å². The maximum atomic E-state index is 3.79. The van der Waals surface area contributed by atoms with Gasteiger partial charge in [-0.3, -0.25) is 4.72 Å². The van der Waals surface area contributed by atoms with Crippen molar-refractivity contribution in [1.82, 2.24) is 4.72 Å². The molecular weight excluding hydrogens is 350 g/mol. The molecule has 0 atom stereocenters. The SMILES string of the molecule is CC(C)(C)NSc1ccc(NC2CCCCC2)c(NCc2ccccc2)c1. The molecule has 2 aromatic rings. The highest BCUT2D eigenvalue weighted by Gasteiger charge is 2.15. The first-order valence-corrected chi connectivity index (χ1v) is 10.9. The van der Waals surface area contributed by atoms with Crippen molar-refractivity contribution in [3.63, 3.8) is 0 Å². The smallest absolute Gasteiger partial charge is 0.0590 e. The molecule has 1 aliphatic carbocycles. The highest BCUT2D eigenvalue weighted by Crippen LogP contribution is 2.31. The largest absolute Gasteiger partial charge is 0.381 e. The van der Waals surface area contributed by atoms with Crippen molar-refractivity contribution in [1.29, 1.82) is 0 Å². The molecule has 0 heterocycles. The Kier molecular flexibility index (Phi) is 7.08. The number of rotatable bonds is 7. The Morgan fingerprint density at radius 3 is 2.37 bits per heavy atom. The average molecular weight is 384 g/mol. The summed E-state index contributed by atoms with van der Waals surface area (Å²) in [4.78, 5) is 1.23. The Balaban J connectivity index is 1.73. The predicted molar refractivity (Wildman–Crippen MR) is 119 cm³/mol. The quantitative estimate of drug-likeness (QED) is 0.481. The van der Waals surface area contributed by atoms with Crippen LogP contribution in [0.5, 0.6) is 0 Å². The number of anilines is 2. The van der Waals surface area contributed by atoms with Crippen molar-refractivity contribution in [2.75, 3.05) is 10.6 Å². The van der Waals surface area contributed by atoms with Crippen LogP contribution >= 0.6 is 11.9 Å². The number of nitrogens with one attached hydrogen (secondary N) is 3. The van der Waals surface area contributed by atoms with Crippen LogP contribution in [0.3, 0.4) is 0 Å². The van der Waals surface area contributed by atoms with Crippen molar-refractivity contribution in [2.24, 2.45) is 0 Å². The van der Waals surface area contributed by atoms with Crippen LogP contribution in [0.2, 0.25) is 0 Å². The molecule has 3 N–H and O–H groups in total. The fraction of sp³-hybridized carbons (Fsp3) is 0.478. The summed E-state index contributed by atoms with van der Waals surface area (Å²) < 4.78 is 3.51. The van der Waals surface area contributed by atoms with E-state index in [2.05, 4.69) is 84.7 Å². The molecule has 0 saturated heterocycles. The second-order valence-electron chi connectivity index (χ2n) is 8.48. The predicted octanol–water partition coefficient (Wildman–Crippen LogP) is 6.44. The summed E-state index contributed by atoms with van der Waals surface area (Å²) >= 11 is 1.70. The summed E-state index contributed by atoms with van der Waals surface area (Å²) in [7, 11) is 0. The normalized spacial score (nSPS) is 15.5. The van der Waals surface area contributed by atoms with Crippen molar-refractivity contribution >= 4 is 23.3 Å². The van der Waals surface area contributed by atoms with Crippen LogP contribution in [0.15, 0.2) is 53.4 Å². The Hall–Kier alpha value is -1.65. The summed E-state index contributed by atoms with van der Waals surface area (Å²) in [6, 6.07) is 17.9. The van der Waals surface area contributed by atoms with Crippen LogP contribution in [-0.2, 0) is 6.54 Å². The third-order valence-corrected chi connectivity index (χ3v) is 5.96. The van der Waals surface area contributed by atoms with Crippen LogP contribution in [0.1, 0.15) is 58.4 Å². The Morgan fingerprint density at radius 2 is 1.67 bits per heavy atom. The third-order valence-electron chi connectivity index (χ3n) is 4.76. The molecule has 1 aliphatic rings. The first kappa shape index (κ1) is 20.1. The molecule has 0 bridgehead atoms. The van der Waals surface area contributed by atoms with Gasteiger partial charge in [0.25, 0.3) is 0 Å². The van der Waals surface area contributed by atoms with Crippen molar-refractivity contribution in [3.8, 4) is 0 Å². The fourth-order valence-corrected chi connectivity index (χ4v) is 4.07. The van der Waals surface area contributed by atoms with Gasteiger partial charge in [-0.05, 0) is 69.3 Å². The Labute approximate surface area is 168 Å². The topological polar surface area (TPSA) is 36.1 Å². The van der Waals surface area contributed by atoms with Crippen molar-refractivity contribution in [2.45, 2.75) is 75.9 Å². The van der Waals surface area contributed by atoms with Crippen molar-refractivity contribution < 1.29 is 0 Å². The van der Waals surface area contributed by atoms with Gasteiger partial charge in [0.05, 0.1) is 11.4 Å². The monoisotopic (exact) mass is 383 g/mol. The van der Waals surface area contributed by atoms with E-state index < -0.39 is 0 Å². The lowest BCUT2D eigenvalue weighted by molar-refractivity contribution is 0.463. The van der Waals surface area contributed by atoms with E-state index in [-0.39, 0.29) is 5.54 Å². The lowest BCUT2D eigenvalue weighted by atomic mass is 9.95. The molecule has 0 unspecified atom stereocenters. The number of hydrogen-bond acceptors (Lipinski definition) is 4. The minimum absolute atomic E-state index is 0.0846. The summed E-state index contributed by atoms with van der Waals surface area (Å²) in [5, 5.41) is 7.45. The van der Waals surface area contributed by atoms with Gasteiger partial charge in [-0.25, -0.2) is 0 Å². The van der Waals surface area contributed by atoms with E-state index in [1.54, 1.807) is 11.9 Å². The van der Waals surface area contributed by atoms with Gasteiger partial charge in [-0.2, -0.15) is 0 Å². The van der Waals surface area contributed by atoms with Crippen LogP contribution in [0.4, 0.5) is 11.4 Å². The zero-order valence-corrected chi connectivity index (χ0v) is 17.7. The molecule has 146 valence electrons. The van der Waals surface area contributed by atoms with Gasteiger partial charge in [0.15, 0.2) is 0 Å². The maximum absolute atomic E-state index is 3.79. The van der Waals surface area contributed by atoms with Gasteiger partial charge >= 0.3 is 0 Å². The van der Waals surface area contributed by atoms with E-state index in [4.69, 9.17) is 0 Å². The minimum atomic E-state index is 0.0846. The molecule has 3 rings (SSSR count). The molecule has 1 saturated carbocycles. The van der Waals surface area contributed by atoms with Crippen LogP contribution in [0.25, 0.3) is 0 Å². The van der Waals surface area contributed by atoms with Gasteiger partial charge in [0, 0.05) is 23.0 Å². The van der Waals surface area contributed by atoms with E-state index in [0.717, 1.165) is 6.54 Å². The van der Waals surface area contributed by atoms with Gasteiger partial charge < -0.3 is 10.6 Å². The summed E-state index contributed by atoms with van der Waals surface area (Å²) in [5.41, 5.74) is 3.79. The molecule has 3 nitrogen and oxygen atoms in total. The van der Waals surface area contributed by atoms with Crippen molar-refractivity contribution in [3.05, 3.63) is 54.1 Å². The van der Waals surface area contributed by atoms with Gasteiger partial charge in [0.2, 0.25) is 0 Å². The number of benzene rings is 2. The van der Waals surface area contributed by atoms with Gasteiger partial charge in [-0.1, -0.05) is 49.6 Å². The van der Waals surface area contributed by atoms with E-state index in [1.165, 1.54) is 53.9 Å². The summed E-state index contributed by atoms with van der Waals surface area (Å²) in [6.45, 7) is 7.40. The number of hydrogen-bond donors (Lipinski definition) is 3. The molecule has 0 amide bonds. The minimum Gasteiger partial charge on any atom is -0.381 e. The van der Waals surface area contributed by atoms with Crippen LogP contribution in [0, 0.1) is 0 Å². The first-order chi connectivity index (χ1) is 13.0. The molecule has 0 spiro atoms. The lowest BCUT2D eigenvalue weighted by Gasteiger charge is -2.26. The molecule has 0 radical (unpaired) electrons. The Morgan fingerprint density at radius 1 is 0.926 bits per heavy atom. The second-order valence-corrected chi connectivity index (χ2v) is 9.36. The molecule has 1 fully saturated rings. The average Bonchev–Trinajstić information content (AvgIpc) is 2.67. The highest BCUT2D eigenvalue weighted by molar-refractivity contribution is 7.97. The van der Waals surface area contributed by atoms with Gasteiger partial charge in [0.1, 0.15) is 0 Å². The van der Waals surface area contributed by atoms with Crippen LogP contribution < -0.4 is 15.4 Å². The molecular formula is C23H33N3S. The Bertz CT molecular complexity index is 703. The molecule has 0 aromatic heterocycles. The van der Waals surface area contributed by atoms with E-state index in [9.17, 15) is 0 Å². The second kappa shape index (κ2) is 9.52. The summed E-state index contributed by atoms with van der Waals surface area (Å²) in [6.07, 6.45) is 6.62. The van der Waals surface area contributed by atoms with Crippen LogP contribution in [-0.4, -0.2) is 11.6 Å². The fourth-order valence-electron chi connectivity index (χ4n) is 3.33. The van der Waals surface area contributed by atoms with Gasteiger partial charge in [-0.15, -0.1) is 0 Å². The highest BCUT2D eigenvalue weighted by atomic mass is 32.2. The van der Waals surface area contributed by atoms with E-state index in [0.29, 0.717) is 6.04 Å². The molecule has 4 heteroatoms.